The first-order valence-corrected chi connectivity index (χ1v) is 6.30. The zero-order chi connectivity index (χ0) is 9.97. The molecule has 4 bridgehead atoms. The lowest BCUT2D eigenvalue weighted by Crippen LogP contribution is -2.65. The van der Waals surface area contributed by atoms with Crippen LogP contribution >= 0.6 is 0 Å². The molecule has 0 radical (unpaired) electrons. The lowest BCUT2D eigenvalue weighted by molar-refractivity contribution is -0.930. The molecule has 4 aliphatic carbocycles. The van der Waals surface area contributed by atoms with E-state index in [4.69, 9.17) is 0 Å². The first-order valence-electron chi connectivity index (χ1n) is 6.30. The molecular formula is C13H25NO. The van der Waals surface area contributed by atoms with Crippen LogP contribution in [0.3, 0.4) is 0 Å². The first-order chi connectivity index (χ1) is 6.48. The van der Waals surface area contributed by atoms with E-state index in [0.717, 1.165) is 17.8 Å². The number of rotatable bonds is 1. The average Bonchev–Trinajstić information content (AvgIpc) is 1.98. The summed E-state index contributed by atoms with van der Waals surface area (Å²) in [5.74, 6) is 3.29. The smallest absolute Gasteiger partial charge is 0.0994 e. The lowest BCUT2D eigenvalue weighted by atomic mass is 9.52. The van der Waals surface area contributed by atoms with Gasteiger partial charge in [-0.3, -0.25) is 0 Å². The fraction of sp³-hybridized carbons (Fsp3) is 1.00. The molecule has 2 heteroatoms. The summed E-state index contributed by atoms with van der Waals surface area (Å²) in [5, 5.41) is 0. The molecule has 0 atom stereocenters. The molecule has 15 heavy (non-hydrogen) atoms. The second kappa shape index (κ2) is 3.21. The molecule has 4 fully saturated rings. The van der Waals surface area contributed by atoms with E-state index in [1.807, 2.05) is 0 Å². The second-order valence-corrected chi connectivity index (χ2v) is 7.15. The minimum atomic E-state index is 0. The van der Waals surface area contributed by atoms with Gasteiger partial charge in [-0.25, -0.2) is 0 Å². The van der Waals surface area contributed by atoms with E-state index in [2.05, 4.69) is 21.1 Å². The quantitative estimate of drug-likeness (QED) is 0.613. The van der Waals surface area contributed by atoms with Crippen molar-refractivity contribution in [2.45, 2.75) is 44.1 Å². The largest absolute Gasteiger partial charge is 0.870 e. The standard InChI is InChI=1S/C13H24N.H2O/c1-14(2,3)13-7-10-4-11(8-13)6-12(5-10)9-13;/h10-12H,4-9H2,1-3H3;1H2/q+1;/p-1. The van der Waals surface area contributed by atoms with Crippen molar-refractivity contribution in [1.82, 2.24) is 0 Å². The summed E-state index contributed by atoms with van der Waals surface area (Å²) in [6.07, 6.45) is 9.30. The van der Waals surface area contributed by atoms with E-state index in [1.165, 1.54) is 23.7 Å². The van der Waals surface area contributed by atoms with Crippen molar-refractivity contribution in [2.24, 2.45) is 17.8 Å². The Bertz CT molecular complexity index is 218. The summed E-state index contributed by atoms with van der Waals surface area (Å²) in [6.45, 7) is 0. The molecule has 2 nitrogen and oxygen atoms in total. The third-order valence-electron chi connectivity index (χ3n) is 5.43. The van der Waals surface area contributed by atoms with Crippen LogP contribution in [0.1, 0.15) is 38.5 Å². The molecule has 0 aromatic carbocycles. The van der Waals surface area contributed by atoms with Crippen LogP contribution in [-0.2, 0) is 0 Å². The van der Waals surface area contributed by atoms with Crippen LogP contribution in [0, 0.1) is 17.8 Å². The maximum atomic E-state index is 2.42. The summed E-state index contributed by atoms with van der Waals surface area (Å²) >= 11 is 0. The molecule has 4 saturated carbocycles. The van der Waals surface area contributed by atoms with Gasteiger partial charge < -0.3 is 9.96 Å². The van der Waals surface area contributed by atoms with Crippen molar-refractivity contribution in [1.29, 1.82) is 0 Å². The molecule has 0 aromatic heterocycles. The van der Waals surface area contributed by atoms with Gasteiger partial charge in [0.15, 0.2) is 0 Å². The van der Waals surface area contributed by atoms with Gasteiger partial charge >= 0.3 is 0 Å². The van der Waals surface area contributed by atoms with E-state index < -0.39 is 0 Å². The highest BCUT2D eigenvalue weighted by Gasteiger charge is 2.57. The zero-order valence-electron chi connectivity index (χ0n) is 10.4. The van der Waals surface area contributed by atoms with Crippen molar-refractivity contribution in [3.63, 3.8) is 0 Å². The third-order valence-corrected chi connectivity index (χ3v) is 5.43. The van der Waals surface area contributed by atoms with Crippen molar-refractivity contribution in [2.75, 3.05) is 21.1 Å². The second-order valence-electron chi connectivity index (χ2n) is 7.15. The summed E-state index contributed by atoms with van der Waals surface area (Å²) in [5.41, 5.74) is 0.675. The molecule has 4 aliphatic rings. The molecule has 0 spiro atoms. The van der Waals surface area contributed by atoms with Crippen LogP contribution in [0.2, 0.25) is 0 Å². The Morgan fingerprint density at radius 3 is 1.40 bits per heavy atom. The molecular weight excluding hydrogens is 186 g/mol. The molecule has 0 aliphatic heterocycles. The average molecular weight is 211 g/mol. The maximum Gasteiger partial charge on any atom is 0.0994 e. The highest BCUT2D eigenvalue weighted by Crippen LogP contribution is 2.58. The SMILES string of the molecule is C[N+](C)(C)C12CC3CC(CC(C3)C1)C2.[OH-]. The van der Waals surface area contributed by atoms with Gasteiger partial charge in [-0.2, -0.15) is 0 Å². The molecule has 0 heterocycles. The Morgan fingerprint density at radius 1 is 0.800 bits per heavy atom. The first kappa shape index (κ1) is 11.4. The van der Waals surface area contributed by atoms with Crippen LogP contribution in [0.15, 0.2) is 0 Å². The Labute approximate surface area is 93.6 Å². The minimum Gasteiger partial charge on any atom is -0.870 e. The lowest BCUT2D eigenvalue weighted by Gasteiger charge is -2.61. The summed E-state index contributed by atoms with van der Waals surface area (Å²) in [7, 11) is 7.27. The maximum absolute atomic E-state index is 2.42. The van der Waals surface area contributed by atoms with Gasteiger partial charge in [0, 0.05) is 19.3 Å². The zero-order valence-corrected chi connectivity index (χ0v) is 10.4. The molecule has 0 amide bonds. The van der Waals surface area contributed by atoms with Gasteiger partial charge in [0.05, 0.1) is 26.7 Å². The van der Waals surface area contributed by atoms with Crippen molar-refractivity contribution < 1.29 is 9.96 Å². The van der Waals surface area contributed by atoms with Crippen LogP contribution in [0.5, 0.6) is 0 Å². The minimum absolute atomic E-state index is 0. The number of hydrogen-bond acceptors (Lipinski definition) is 1. The van der Waals surface area contributed by atoms with Crippen molar-refractivity contribution >= 4 is 0 Å². The summed E-state index contributed by atoms with van der Waals surface area (Å²) < 4.78 is 1.22. The monoisotopic (exact) mass is 211 g/mol. The molecule has 88 valence electrons. The highest BCUT2D eigenvalue weighted by atomic mass is 16.0. The van der Waals surface area contributed by atoms with Gasteiger partial charge in [-0.05, 0) is 37.0 Å². The summed E-state index contributed by atoms with van der Waals surface area (Å²) in [4.78, 5) is 0. The fourth-order valence-electron chi connectivity index (χ4n) is 4.89. The predicted octanol–water partition coefficient (Wildman–Crippen LogP) is 2.48. The Morgan fingerprint density at radius 2 is 1.13 bits per heavy atom. The van der Waals surface area contributed by atoms with Gasteiger partial charge in [-0.15, -0.1) is 0 Å². The van der Waals surface area contributed by atoms with Crippen LogP contribution < -0.4 is 0 Å². The number of hydrogen-bond donors (Lipinski definition) is 0. The van der Waals surface area contributed by atoms with Crippen LogP contribution in [-0.4, -0.2) is 36.6 Å². The van der Waals surface area contributed by atoms with Gasteiger partial charge in [0.2, 0.25) is 0 Å². The van der Waals surface area contributed by atoms with E-state index >= 15 is 0 Å². The molecule has 1 N–H and O–H groups in total. The van der Waals surface area contributed by atoms with E-state index in [-0.39, 0.29) is 5.48 Å². The summed E-state index contributed by atoms with van der Waals surface area (Å²) in [6, 6.07) is 0. The van der Waals surface area contributed by atoms with E-state index in [1.54, 1.807) is 19.3 Å². The fourth-order valence-corrected chi connectivity index (χ4v) is 4.89. The van der Waals surface area contributed by atoms with E-state index in [0.29, 0.717) is 5.54 Å². The molecule has 4 rings (SSSR count). The normalized spacial score (nSPS) is 47.8. The van der Waals surface area contributed by atoms with Crippen LogP contribution in [0.4, 0.5) is 0 Å². The molecule has 0 saturated heterocycles. The van der Waals surface area contributed by atoms with Crippen LogP contribution in [0.25, 0.3) is 0 Å². The van der Waals surface area contributed by atoms with Gasteiger partial charge in [0.1, 0.15) is 0 Å². The van der Waals surface area contributed by atoms with Gasteiger partial charge in [-0.1, -0.05) is 0 Å². The Kier molecular flexibility index (Phi) is 2.44. The van der Waals surface area contributed by atoms with Gasteiger partial charge in [0.25, 0.3) is 0 Å². The highest BCUT2D eigenvalue weighted by molar-refractivity contribution is 5.02. The number of quaternary nitrogens is 1. The molecule has 0 aromatic rings. The Balaban J connectivity index is 0.000000853. The van der Waals surface area contributed by atoms with Crippen molar-refractivity contribution in [3.8, 4) is 0 Å². The predicted molar refractivity (Wildman–Crippen MR) is 60.9 cm³/mol. The Hall–Kier alpha value is -0.0800. The topological polar surface area (TPSA) is 30.0 Å². The number of nitrogens with zero attached hydrogens (tertiary/aromatic N) is 1. The van der Waals surface area contributed by atoms with Crippen molar-refractivity contribution in [3.05, 3.63) is 0 Å². The third kappa shape index (κ3) is 1.53. The molecule has 0 unspecified atom stereocenters. The van der Waals surface area contributed by atoms with E-state index in [9.17, 15) is 0 Å².